The second-order valence-corrected chi connectivity index (χ2v) is 3.96. The predicted octanol–water partition coefficient (Wildman–Crippen LogP) is 1.29. The third-order valence-electron chi connectivity index (χ3n) is 2.50. The SMILES string of the molecule is O=C(O)CN1C/C(=C\C(=O)c2ccccc2)OC1=O. The lowest BCUT2D eigenvalue weighted by Gasteiger charge is -2.06. The summed E-state index contributed by atoms with van der Waals surface area (Å²) in [7, 11) is 0. The van der Waals surface area contributed by atoms with E-state index in [1.165, 1.54) is 6.08 Å². The van der Waals surface area contributed by atoms with Gasteiger partial charge in [0, 0.05) is 11.6 Å². The van der Waals surface area contributed by atoms with Gasteiger partial charge in [-0.2, -0.15) is 0 Å². The van der Waals surface area contributed by atoms with E-state index >= 15 is 0 Å². The van der Waals surface area contributed by atoms with Gasteiger partial charge in [0.05, 0.1) is 6.54 Å². The third kappa shape index (κ3) is 3.19. The number of carboxylic acids is 1. The Kier molecular flexibility index (Phi) is 3.61. The van der Waals surface area contributed by atoms with Gasteiger partial charge in [-0.05, 0) is 0 Å². The molecule has 1 heterocycles. The summed E-state index contributed by atoms with van der Waals surface area (Å²) in [6, 6.07) is 8.52. The fraction of sp³-hybridized carbons (Fsp3) is 0.154. The van der Waals surface area contributed by atoms with Crippen LogP contribution in [0.1, 0.15) is 10.4 Å². The standard InChI is InChI=1S/C13H11NO5/c15-11(9-4-2-1-3-5-9)6-10-7-14(8-12(16)17)13(18)19-10/h1-6H,7-8H2,(H,16,17)/b10-6+. The van der Waals surface area contributed by atoms with Crippen molar-refractivity contribution in [1.29, 1.82) is 0 Å². The maximum absolute atomic E-state index is 11.8. The van der Waals surface area contributed by atoms with Gasteiger partial charge in [-0.3, -0.25) is 14.5 Å². The van der Waals surface area contributed by atoms with Gasteiger partial charge in [0.25, 0.3) is 0 Å². The molecular weight excluding hydrogens is 250 g/mol. The van der Waals surface area contributed by atoms with E-state index in [0.29, 0.717) is 5.56 Å². The van der Waals surface area contributed by atoms with Gasteiger partial charge in [-0.15, -0.1) is 0 Å². The Bertz CT molecular complexity index is 549. The van der Waals surface area contributed by atoms with Gasteiger partial charge in [-0.1, -0.05) is 30.3 Å². The lowest BCUT2D eigenvalue weighted by molar-refractivity contribution is -0.137. The number of allylic oxidation sites excluding steroid dienone is 1. The first-order chi connectivity index (χ1) is 9.06. The molecule has 19 heavy (non-hydrogen) atoms. The number of aliphatic carboxylic acids is 1. The maximum atomic E-state index is 11.8. The molecule has 1 aromatic carbocycles. The van der Waals surface area contributed by atoms with Crippen molar-refractivity contribution in [2.75, 3.05) is 13.1 Å². The van der Waals surface area contributed by atoms with Crippen LogP contribution in [0, 0.1) is 0 Å². The first-order valence-electron chi connectivity index (χ1n) is 5.55. The molecule has 0 radical (unpaired) electrons. The maximum Gasteiger partial charge on any atom is 0.415 e. The van der Waals surface area contributed by atoms with E-state index in [1.807, 2.05) is 0 Å². The van der Waals surface area contributed by atoms with Gasteiger partial charge in [-0.25, -0.2) is 4.79 Å². The summed E-state index contributed by atoms with van der Waals surface area (Å²) in [5.41, 5.74) is 0.475. The van der Waals surface area contributed by atoms with Gasteiger partial charge >= 0.3 is 12.1 Å². The number of nitrogens with zero attached hydrogens (tertiary/aromatic N) is 1. The van der Waals surface area contributed by atoms with Crippen LogP contribution in [0.4, 0.5) is 4.79 Å². The molecule has 0 bridgehead atoms. The second kappa shape index (κ2) is 5.34. The Morgan fingerprint density at radius 2 is 2.00 bits per heavy atom. The van der Waals surface area contributed by atoms with Crippen molar-refractivity contribution in [2.24, 2.45) is 0 Å². The lowest BCUT2D eigenvalue weighted by Crippen LogP contribution is -2.30. The van der Waals surface area contributed by atoms with Crippen LogP contribution in [-0.4, -0.2) is 40.9 Å². The largest absolute Gasteiger partial charge is 0.480 e. The molecule has 0 spiro atoms. The number of hydrogen-bond acceptors (Lipinski definition) is 4. The van der Waals surface area contributed by atoms with Gasteiger partial charge in [0.1, 0.15) is 12.3 Å². The Morgan fingerprint density at radius 3 is 2.63 bits per heavy atom. The zero-order valence-corrected chi connectivity index (χ0v) is 9.91. The summed E-state index contributed by atoms with van der Waals surface area (Å²) in [4.78, 5) is 34.7. The monoisotopic (exact) mass is 261 g/mol. The van der Waals surface area contributed by atoms with E-state index in [4.69, 9.17) is 9.84 Å². The third-order valence-corrected chi connectivity index (χ3v) is 2.50. The van der Waals surface area contributed by atoms with Crippen molar-refractivity contribution < 1.29 is 24.2 Å². The summed E-state index contributed by atoms with van der Waals surface area (Å²) in [5, 5.41) is 8.60. The van der Waals surface area contributed by atoms with Crippen molar-refractivity contribution in [2.45, 2.75) is 0 Å². The second-order valence-electron chi connectivity index (χ2n) is 3.96. The van der Waals surface area contributed by atoms with Gasteiger partial charge in [0.2, 0.25) is 0 Å². The molecule has 0 aliphatic carbocycles. The van der Waals surface area contributed by atoms with Gasteiger partial charge < -0.3 is 9.84 Å². The molecular formula is C13H11NO5. The Hall–Kier alpha value is -2.63. The number of amides is 1. The van der Waals surface area contributed by atoms with Gasteiger partial charge in [0.15, 0.2) is 5.78 Å². The van der Waals surface area contributed by atoms with Crippen LogP contribution in [0.15, 0.2) is 42.2 Å². The number of carboxylic acid groups (broad SMARTS) is 1. The minimum atomic E-state index is -1.13. The molecule has 1 amide bonds. The first kappa shape index (κ1) is 12.8. The lowest BCUT2D eigenvalue weighted by atomic mass is 10.1. The summed E-state index contributed by atoms with van der Waals surface area (Å²) in [6.45, 7) is -0.459. The molecule has 1 aliphatic heterocycles. The number of ether oxygens (including phenoxy) is 1. The van der Waals surface area contributed by atoms with E-state index in [0.717, 1.165) is 4.90 Å². The molecule has 6 heteroatoms. The van der Waals surface area contributed by atoms with E-state index < -0.39 is 18.6 Å². The van der Waals surface area contributed by atoms with Crippen molar-refractivity contribution in [3.8, 4) is 0 Å². The molecule has 1 fully saturated rings. The number of benzene rings is 1. The Labute approximate surface area is 108 Å². The summed E-state index contributed by atoms with van der Waals surface area (Å²) < 4.78 is 4.83. The zero-order valence-electron chi connectivity index (χ0n) is 9.91. The molecule has 1 aromatic rings. The smallest absolute Gasteiger partial charge is 0.415 e. The number of hydrogen-bond donors (Lipinski definition) is 1. The van der Waals surface area contributed by atoms with Crippen LogP contribution in [0.25, 0.3) is 0 Å². The number of cyclic esters (lactones) is 1. The fourth-order valence-electron chi connectivity index (χ4n) is 1.65. The van der Waals surface area contributed by atoms with Crippen molar-refractivity contribution >= 4 is 17.8 Å². The molecule has 98 valence electrons. The summed E-state index contributed by atoms with van der Waals surface area (Å²) in [5.74, 6) is -1.27. The number of carbonyl (C=O) groups excluding carboxylic acids is 2. The molecule has 0 saturated carbocycles. The fourth-order valence-corrected chi connectivity index (χ4v) is 1.65. The first-order valence-corrected chi connectivity index (χ1v) is 5.55. The molecule has 0 atom stereocenters. The summed E-state index contributed by atoms with van der Waals surface area (Å²) >= 11 is 0. The predicted molar refractivity (Wildman–Crippen MR) is 64.5 cm³/mol. The van der Waals surface area contributed by atoms with Crippen LogP contribution in [0.3, 0.4) is 0 Å². The minimum Gasteiger partial charge on any atom is -0.480 e. The van der Waals surface area contributed by atoms with E-state index in [9.17, 15) is 14.4 Å². The molecule has 1 N–H and O–H groups in total. The van der Waals surface area contributed by atoms with Crippen molar-refractivity contribution in [3.05, 3.63) is 47.7 Å². The zero-order chi connectivity index (χ0) is 13.8. The Balaban J connectivity index is 2.08. The van der Waals surface area contributed by atoms with E-state index in [1.54, 1.807) is 30.3 Å². The highest BCUT2D eigenvalue weighted by atomic mass is 16.6. The topological polar surface area (TPSA) is 83.9 Å². The normalized spacial score (nSPS) is 16.5. The average Bonchev–Trinajstić information content (AvgIpc) is 2.70. The van der Waals surface area contributed by atoms with Crippen LogP contribution in [0.5, 0.6) is 0 Å². The molecule has 2 rings (SSSR count). The molecule has 0 unspecified atom stereocenters. The quantitative estimate of drug-likeness (QED) is 0.652. The number of rotatable bonds is 4. The van der Waals surface area contributed by atoms with E-state index in [2.05, 4.69) is 0 Å². The molecule has 1 aliphatic rings. The van der Waals surface area contributed by atoms with Crippen molar-refractivity contribution in [1.82, 2.24) is 4.90 Å². The number of carbonyl (C=O) groups is 3. The highest BCUT2D eigenvalue weighted by Gasteiger charge is 2.28. The molecule has 6 nitrogen and oxygen atoms in total. The highest BCUT2D eigenvalue weighted by molar-refractivity contribution is 6.05. The molecule has 0 aromatic heterocycles. The Morgan fingerprint density at radius 1 is 1.32 bits per heavy atom. The average molecular weight is 261 g/mol. The van der Waals surface area contributed by atoms with Crippen LogP contribution < -0.4 is 0 Å². The van der Waals surface area contributed by atoms with Crippen LogP contribution in [-0.2, 0) is 9.53 Å². The summed E-state index contributed by atoms with van der Waals surface area (Å²) in [6.07, 6.45) is 0.448. The van der Waals surface area contributed by atoms with Crippen molar-refractivity contribution in [3.63, 3.8) is 0 Å². The van der Waals surface area contributed by atoms with Crippen LogP contribution in [0.2, 0.25) is 0 Å². The molecule has 1 saturated heterocycles. The minimum absolute atomic E-state index is 0.0102. The highest BCUT2D eigenvalue weighted by Crippen LogP contribution is 2.15. The number of ketones is 1. The van der Waals surface area contributed by atoms with Crippen LogP contribution >= 0.6 is 0 Å². The van der Waals surface area contributed by atoms with E-state index in [-0.39, 0.29) is 18.1 Å².